The standard InChI is InChI=1S/C20H24ClN3O3S/c1-14-7-8-16(28(26,27)24-11-9-23(3)10-12-24)13-17(14)20(25)22-19-6-4-5-18(21)15(19)2/h4-8,13H,9-12H2,1-3H3,(H,22,25). The summed E-state index contributed by atoms with van der Waals surface area (Å²) in [6, 6.07) is 9.96. The first-order valence-electron chi connectivity index (χ1n) is 9.06. The number of hydrogen-bond acceptors (Lipinski definition) is 4. The van der Waals surface area contributed by atoms with E-state index in [1.54, 1.807) is 37.3 Å². The first-order valence-corrected chi connectivity index (χ1v) is 10.9. The summed E-state index contributed by atoms with van der Waals surface area (Å²) in [7, 11) is -1.67. The minimum absolute atomic E-state index is 0.135. The fraction of sp³-hybridized carbons (Fsp3) is 0.350. The molecule has 0 radical (unpaired) electrons. The van der Waals surface area contributed by atoms with Crippen LogP contribution in [0.3, 0.4) is 0 Å². The van der Waals surface area contributed by atoms with Gasteiger partial charge in [0, 0.05) is 42.5 Å². The van der Waals surface area contributed by atoms with Crippen molar-refractivity contribution in [3.05, 3.63) is 58.1 Å². The van der Waals surface area contributed by atoms with E-state index in [0.717, 1.165) is 5.56 Å². The highest BCUT2D eigenvalue weighted by atomic mass is 35.5. The third kappa shape index (κ3) is 4.22. The van der Waals surface area contributed by atoms with Gasteiger partial charge in [-0.1, -0.05) is 23.7 Å². The minimum atomic E-state index is -3.64. The first kappa shape index (κ1) is 20.8. The number of sulfonamides is 1. The topological polar surface area (TPSA) is 69.7 Å². The molecule has 1 N–H and O–H groups in total. The maximum Gasteiger partial charge on any atom is 0.255 e. The molecule has 1 heterocycles. The number of likely N-dealkylation sites (N-methyl/N-ethyl adjacent to an activating group) is 1. The van der Waals surface area contributed by atoms with Gasteiger partial charge < -0.3 is 10.2 Å². The van der Waals surface area contributed by atoms with Crippen molar-refractivity contribution in [2.75, 3.05) is 38.5 Å². The van der Waals surface area contributed by atoms with Crippen molar-refractivity contribution < 1.29 is 13.2 Å². The van der Waals surface area contributed by atoms with Crippen molar-refractivity contribution in [2.24, 2.45) is 0 Å². The number of rotatable bonds is 4. The molecule has 3 rings (SSSR count). The van der Waals surface area contributed by atoms with Crippen LogP contribution in [0.2, 0.25) is 5.02 Å². The van der Waals surface area contributed by atoms with Gasteiger partial charge >= 0.3 is 0 Å². The summed E-state index contributed by atoms with van der Waals surface area (Å²) in [5.74, 6) is -0.363. The monoisotopic (exact) mass is 421 g/mol. The molecule has 1 fully saturated rings. The van der Waals surface area contributed by atoms with Crippen LogP contribution in [-0.2, 0) is 10.0 Å². The number of hydrogen-bond donors (Lipinski definition) is 1. The van der Waals surface area contributed by atoms with Gasteiger partial charge in [-0.2, -0.15) is 4.31 Å². The van der Waals surface area contributed by atoms with Gasteiger partial charge in [0.25, 0.3) is 5.91 Å². The molecular weight excluding hydrogens is 398 g/mol. The number of nitrogens with one attached hydrogen (secondary N) is 1. The Kier molecular flexibility index (Phi) is 6.09. The summed E-state index contributed by atoms with van der Waals surface area (Å²) >= 11 is 6.12. The Morgan fingerprint density at radius 3 is 2.43 bits per heavy atom. The quantitative estimate of drug-likeness (QED) is 0.823. The van der Waals surface area contributed by atoms with Crippen LogP contribution < -0.4 is 5.32 Å². The van der Waals surface area contributed by atoms with E-state index in [1.165, 1.54) is 10.4 Å². The summed E-state index contributed by atoms with van der Waals surface area (Å²) in [4.78, 5) is 15.1. The van der Waals surface area contributed by atoms with Crippen LogP contribution in [0, 0.1) is 13.8 Å². The van der Waals surface area contributed by atoms with E-state index < -0.39 is 10.0 Å². The van der Waals surface area contributed by atoms with Gasteiger partial charge in [-0.05, 0) is 56.3 Å². The lowest BCUT2D eigenvalue weighted by Crippen LogP contribution is -2.47. The normalized spacial score (nSPS) is 16.1. The van der Waals surface area contributed by atoms with Gasteiger partial charge in [0.15, 0.2) is 0 Å². The van der Waals surface area contributed by atoms with Crippen molar-refractivity contribution in [1.29, 1.82) is 0 Å². The van der Waals surface area contributed by atoms with Crippen LogP contribution in [0.15, 0.2) is 41.3 Å². The van der Waals surface area contributed by atoms with Crippen molar-refractivity contribution in [3.63, 3.8) is 0 Å². The zero-order valence-corrected chi connectivity index (χ0v) is 17.8. The number of carbonyl (C=O) groups is 1. The molecule has 1 aliphatic heterocycles. The molecule has 1 saturated heterocycles. The molecule has 2 aromatic rings. The van der Waals surface area contributed by atoms with Crippen molar-refractivity contribution in [3.8, 4) is 0 Å². The first-order chi connectivity index (χ1) is 13.2. The maximum absolute atomic E-state index is 13.0. The fourth-order valence-corrected chi connectivity index (χ4v) is 4.74. The van der Waals surface area contributed by atoms with Crippen LogP contribution in [0.5, 0.6) is 0 Å². The molecule has 2 aromatic carbocycles. The van der Waals surface area contributed by atoms with Gasteiger partial charge in [0.2, 0.25) is 10.0 Å². The highest BCUT2D eigenvalue weighted by Crippen LogP contribution is 2.25. The van der Waals surface area contributed by atoms with E-state index in [1.807, 2.05) is 14.0 Å². The predicted octanol–water partition coefficient (Wildman–Crippen LogP) is 3.15. The van der Waals surface area contributed by atoms with Crippen LogP contribution in [-0.4, -0.2) is 56.8 Å². The fourth-order valence-electron chi connectivity index (χ4n) is 3.12. The molecule has 0 aromatic heterocycles. The molecular formula is C20H24ClN3O3S. The minimum Gasteiger partial charge on any atom is -0.322 e. The molecule has 6 nitrogen and oxygen atoms in total. The summed E-state index contributed by atoms with van der Waals surface area (Å²) < 4.78 is 27.5. The number of carbonyl (C=O) groups excluding carboxylic acids is 1. The number of anilines is 1. The van der Waals surface area contributed by atoms with Gasteiger partial charge in [-0.15, -0.1) is 0 Å². The van der Waals surface area contributed by atoms with Crippen LogP contribution in [0.1, 0.15) is 21.5 Å². The molecule has 1 aliphatic rings. The molecule has 150 valence electrons. The van der Waals surface area contributed by atoms with Crippen LogP contribution >= 0.6 is 11.6 Å². The Morgan fingerprint density at radius 1 is 1.07 bits per heavy atom. The largest absolute Gasteiger partial charge is 0.322 e. The predicted molar refractivity (Wildman–Crippen MR) is 112 cm³/mol. The molecule has 0 unspecified atom stereocenters. The van der Waals surface area contributed by atoms with E-state index in [9.17, 15) is 13.2 Å². The maximum atomic E-state index is 13.0. The number of amides is 1. The lowest BCUT2D eigenvalue weighted by molar-refractivity contribution is 0.102. The molecule has 28 heavy (non-hydrogen) atoms. The van der Waals surface area contributed by atoms with E-state index in [0.29, 0.717) is 48.0 Å². The summed E-state index contributed by atoms with van der Waals surface area (Å²) in [5, 5.41) is 3.39. The second-order valence-corrected chi connectivity index (χ2v) is 9.40. The van der Waals surface area contributed by atoms with Gasteiger partial charge in [-0.25, -0.2) is 8.42 Å². The SMILES string of the molecule is Cc1ccc(S(=O)(=O)N2CCN(C)CC2)cc1C(=O)Nc1cccc(Cl)c1C. The third-order valence-electron chi connectivity index (χ3n) is 5.07. The summed E-state index contributed by atoms with van der Waals surface area (Å²) in [6.07, 6.45) is 0. The molecule has 0 aliphatic carbocycles. The number of benzene rings is 2. The number of nitrogens with zero attached hydrogens (tertiary/aromatic N) is 2. The second kappa shape index (κ2) is 8.21. The van der Waals surface area contributed by atoms with Gasteiger partial charge in [0.05, 0.1) is 4.90 Å². The highest BCUT2D eigenvalue weighted by Gasteiger charge is 2.28. The molecule has 8 heteroatoms. The van der Waals surface area contributed by atoms with E-state index in [-0.39, 0.29) is 10.8 Å². The third-order valence-corrected chi connectivity index (χ3v) is 7.37. The van der Waals surface area contributed by atoms with Crippen molar-refractivity contribution >= 4 is 33.2 Å². The highest BCUT2D eigenvalue weighted by molar-refractivity contribution is 7.89. The van der Waals surface area contributed by atoms with E-state index >= 15 is 0 Å². The molecule has 1 amide bonds. The van der Waals surface area contributed by atoms with Gasteiger partial charge in [0.1, 0.15) is 0 Å². The lowest BCUT2D eigenvalue weighted by atomic mass is 10.1. The van der Waals surface area contributed by atoms with Crippen molar-refractivity contribution in [2.45, 2.75) is 18.7 Å². The number of piperazine rings is 1. The van der Waals surface area contributed by atoms with Crippen molar-refractivity contribution in [1.82, 2.24) is 9.21 Å². The van der Waals surface area contributed by atoms with E-state index in [2.05, 4.69) is 10.2 Å². The molecule has 0 saturated carbocycles. The smallest absolute Gasteiger partial charge is 0.255 e. The number of halogens is 1. The Bertz CT molecular complexity index is 1000. The zero-order valence-electron chi connectivity index (χ0n) is 16.2. The van der Waals surface area contributed by atoms with E-state index in [4.69, 9.17) is 11.6 Å². The molecule has 0 bridgehead atoms. The Hall–Kier alpha value is -1.93. The molecule has 0 spiro atoms. The Balaban J connectivity index is 1.89. The summed E-state index contributed by atoms with van der Waals surface area (Å²) in [6.45, 7) is 5.86. The number of aryl methyl sites for hydroxylation is 1. The summed E-state index contributed by atoms with van der Waals surface area (Å²) in [5.41, 5.74) is 2.39. The Labute approximate surface area is 171 Å². The zero-order chi connectivity index (χ0) is 20.5. The molecule has 0 atom stereocenters. The lowest BCUT2D eigenvalue weighted by Gasteiger charge is -2.31. The van der Waals surface area contributed by atoms with Crippen LogP contribution in [0.25, 0.3) is 0 Å². The average Bonchev–Trinajstić information content (AvgIpc) is 2.66. The van der Waals surface area contributed by atoms with Gasteiger partial charge in [-0.3, -0.25) is 4.79 Å². The van der Waals surface area contributed by atoms with Crippen LogP contribution in [0.4, 0.5) is 5.69 Å². The Morgan fingerprint density at radius 2 is 1.75 bits per heavy atom. The second-order valence-electron chi connectivity index (χ2n) is 7.05. The average molecular weight is 422 g/mol.